The van der Waals surface area contributed by atoms with E-state index in [0.717, 1.165) is 0 Å². The highest BCUT2D eigenvalue weighted by atomic mass is 32.2. The van der Waals surface area contributed by atoms with Crippen LogP contribution in [0.5, 0.6) is 0 Å². The van der Waals surface area contributed by atoms with Crippen LogP contribution in [0.25, 0.3) is 11.3 Å². The molecule has 0 bridgehead atoms. The normalized spacial score (nSPS) is 11.7. The van der Waals surface area contributed by atoms with Crippen molar-refractivity contribution in [2.24, 2.45) is 0 Å². The van der Waals surface area contributed by atoms with Crippen LogP contribution in [0.1, 0.15) is 13.8 Å². The van der Waals surface area contributed by atoms with Crippen molar-refractivity contribution in [1.82, 2.24) is 9.97 Å². The lowest BCUT2D eigenvalue weighted by Gasteiger charge is -2.12. The molecule has 0 spiro atoms. The van der Waals surface area contributed by atoms with Gasteiger partial charge in [-0.2, -0.15) is 0 Å². The molecule has 19 heavy (non-hydrogen) atoms. The number of anilines is 1. The van der Waals surface area contributed by atoms with Gasteiger partial charge in [0.25, 0.3) is 0 Å². The van der Waals surface area contributed by atoms with Gasteiger partial charge in [0, 0.05) is 11.8 Å². The first-order valence-electron chi connectivity index (χ1n) is 5.84. The molecule has 1 heterocycles. The molecule has 0 aliphatic rings. The molecule has 1 aromatic heterocycles. The Balaban J connectivity index is 2.67. The molecule has 0 atom stereocenters. The summed E-state index contributed by atoms with van der Waals surface area (Å²) in [6, 6.07) is 8.42. The summed E-state index contributed by atoms with van der Waals surface area (Å²) in [4.78, 5) is 8.16. The van der Waals surface area contributed by atoms with E-state index in [9.17, 15) is 8.42 Å². The molecule has 1 aromatic carbocycles. The van der Waals surface area contributed by atoms with Gasteiger partial charge in [-0.3, -0.25) is 0 Å². The third-order valence-electron chi connectivity index (χ3n) is 2.76. The van der Waals surface area contributed by atoms with Crippen LogP contribution in [-0.2, 0) is 9.84 Å². The first-order chi connectivity index (χ1) is 8.93. The number of hydrogen-bond donors (Lipinski definition) is 1. The van der Waals surface area contributed by atoms with Crippen molar-refractivity contribution in [3.05, 3.63) is 36.5 Å². The second-order valence-electron chi connectivity index (χ2n) is 4.39. The standard InChI is InChI=1S/C13H15N3O2S/c1-9(2)19(17,18)12-6-4-3-5-10(12)11-7-8-15-13(14)16-11/h3-9H,1-2H3,(H2,14,15,16). The first-order valence-corrected chi connectivity index (χ1v) is 7.39. The minimum atomic E-state index is -3.37. The van der Waals surface area contributed by atoms with Crippen molar-refractivity contribution >= 4 is 15.8 Å². The molecule has 2 N–H and O–H groups in total. The summed E-state index contributed by atoms with van der Waals surface area (Å²) in [5.74, 6) is 0.120. The molecule has 0 aliphatic heterocycles. The van der Waals surface area contributed by atoms with Gasteiger partial charge in [-0.15, -0.1) is 0 Å². The van der Waals surface area contributed by atoms with Crippen LogP contribution >= 0.6 is 0 Å². The molecule has 0 unspecified atom stereocenters. The topological polar surface area (TPSA) is 85.9 Å². The van der Waals surface area contributed by atoms with Crippen molar-refractivity contribution < 1.29 is 8.42 Å². The fourth-order valence-electron chi connectivity index (χ4n) is 1.70. The molecule has 0 aliphatic carbocycles. The molecule has 5 nitrogen and oxygen atoms in total. The van der Waals surface area contributed by atoms with Crippen LogP contribution in [0.4, 0.5) is 5.95 Å². The summed E-state index contributed by atoms with van der Waals surface area (Å²) >= 11 is 0. The fourth-order valence-corrected chi connectivity index (χ4v) is 2.96. The quantitative estimate of drug-likeness (QED) is 0.926. The minimum Gasteiger partial charge on any atom is -0.368 e. The Morgan fingerprint density at radius 1 is 1.16 bits per heavy atom. The number of aromatic nitrogens is 2. The number of nitrogen functional groups attached to an aromatic ring is 1. The zero-order valence-electron chi connectivity index (χ0n) is 10.7. The second-order valence-corrected chi connectivity index (χ2v) is 6.86. The third kappa shape index (κ3) is 2.58. The van der Waals surface area contributed by atoms with E-state index in [-0.39, 0.29) is 10.8 Å². The summed E-state index contributed by atoms with van der Waals surface area (Å²) < 4.78 is 24.7. The van der Waals surface area contributed by atoms with Crippen molar-refractivity contribution in [3.8, 4) is 11.3 Å². The summed E-state index contributed by atoms with van der Waals surface area (Å²) in [6.45, 7) is 3.31. The van der Waals surface area contributed by atoms with Gasteiger partial charge in [0.1, 0.15) is 0 Å². The maximum absolute atomic E-state index is 12.3. The molecule has 0 saturated heterocycles. The average molecular weight is 277 g/mol. The van der Waals surface area contributed by atoms with Gasteiger partial charge in [-0.25, -0.2) is 18.4 Å². The molecule has 0 amide bonds. The van der Waals surface area contributed by atoms with E-state index in [0.29, 0.717) is 11.3 Å². The van der Waals surface area contributed by atoms with E-state index in [4.69, 9.17) is 5.73 Å². The van der Waals surface area contributed by atoms with Crippen molar-refractivity contribution in [2.45, 2.75) is 24.0 Å². The Morgan fingerprint density at radius 2 is 1.84 bits per heavy atom. The molecule has 0 radical (unpaired) electrons. The van der Waals surface area contributed by atoms with Crippen molar-refractivity contribution in [3.63, 3.8) is 0 Å². The summed E-state index contributed by atoms with van der Waals surface area (Å²) in [5, 5.41) is -0.493. The van der Waals surface area contributed by atoms with Crippen LogP contribution in [0.3, 0.4) is 0 Å². The summed E-state index contributed by atoms with van der Waals surface area (Å²) in [5.41, 5.74) is 6.60. The number of nitrogens with zero attached hydrogens (tertiary/aromatic N) is 2. The van der Waals surface area contributed by atoms with E-state index in [1.54, 1.807) is 44.2 Å². The number of benzene rings is 1. The monoisotopic (exact) mass is 277 g/mol. The van der Waals surface area contributed by atoms with Gasteiger partial charge in [0.15, 0.2) is 9.84 Å². The summed E-state index contributed by atoms with van der Waals surface area (Å²) in [6.07, 6.45) is 1.51. The molecule has 6 heteroatoms. The number of rotatable bonds is 3. The Kier molecular flexibility index (Phi) is 3.53. The molecular formula is C13H15N3O2S. The molecule has 0 fully saturated rings. The number of nitrogens with two attached hydrogens (primary N) is 1. The average Bonchev–Trinajstić information content (AvgIpc) is 2.38. The van der Waals surface area contributed by atoms with E-state index in [1.165, 1.54) is 6.20 Å². The molecular weight excluding hydrogens is 262 g/mol. The van der Waals surface area contributed by atoms with Crippen molar-refractivity contribution in [1.29, 1.82) is 0 Å². The maximum Gasteiger partial charge on any atom is 0.220 e. The zero-order valence-corrected chi connectivity index (χ0v) is 11.6. The third-order valence-corrected chi connectivity index (χ3v) is 4.97. The zero-order chi connectivity index (χ0) is 14.0. The predicted molar refractivity (Wildman–Crippen MR) is 74.2 cm³/mol. The van der Waals surface area contributed by atoms with Crippen LogP contribution in [-0.4, -0.2) is 23.6 Å². The lowest BCUT2D eigenvalue weighted by atomic mass is 10.1. The number of sulfone groups is 1. The Morgan fingerprint density at radius 3 is 2.47 bits per heavy atom. The van der Waals surface area contributed by atoms with Gasteiger partial charge < -0.3 is 5.73 Å². The van der Waals surface area contributed by atoms with Gasteiger partial charge in [-0.1, -0.05) is 18.2 Å². The van der Waals surface area contributed by atoms with Gasteiger partial charge in [-0.05, 0) is 26.0 Å². The first kappa shape index (κ1) is 13.5. The Hall–Kier alpha value is -1.95. The van der Waals surface area contributed by atoms with Crippen LogP contribution < -0.4 is 5.73 Å². The van der Waals surface area contributed by atoms with Gasteiger partial charge >= 0.3 is 0 Å². The highest BCUT2D eigenvalue weighted by Crippen LogP contribution is 2.28. The highest BCUT2D eigenvalue weighted by Gasteiger charge is 2.23. The highest BCUT2D eigenvalue weighted by molar-refractivity contribution is 7.92. The summed E-state index contributed by atoms with van der Waals surface area (Å²) in [7, 11) is -3.37. The van der Waals surface area contributed by atoms with Crippen LogP contribution in [0.15, 0.2) is 41.4 Å². The second kappa shape index (κ2) is 4.97. The minimum absolute atomic E-state index is 0.120. The van der Waals surface area contributed by atoms with Crippen LogP contribution in [0, 0.1) is 0 Å². The SMILES string of the molecule is CC(C)S(=O)(=O)c1ccccc1-c1ccnc(N)n1. The van der Waals surface area contributed by atoms with Crippen LogP contribution in [0.2, 0.25) is 0 Å². The number of hydrogen-bond acceptors (Lipinski definition) is 5. The van der Waals surface area contributed by atoms with Gasteiger partial charge in [0.05, 0.1) is 15.8 Å². The van der Waals surface area contributed by atoms with E-state index < -0.39 is 15.1 Å². The largest absolute Gasteiger partial charge is 0.368 e. The van der Waals surface area contributed by atoms with E-state index in [2.05, 4.69) is 9.97 Å². The maximum atomic E-state index is 12.3. The van der Waals surface area contributed by atoms with E-state index in [1.807, 2.05) is 0 Å². The Labute approximate surface area is 112 Å². The Bertz CT molecular complexity index is 697. The molecule has 100 valence electrons. The van der Waals surface area contributed by atoms with Gasteiger partial charge in [0.2, 0.25) is 5.95 Å². The lowest BCUT2D eigenvalue weighted by molar-refractivity contribution is 0.587. The lowest BCUT2D eigenvalue weighted by Crippen LogP contribution is -2.15. The smallest absolute Gasteiger partial charge is 0.220 e. The predicted octanol–water partition coefficient (Wildman–Crippen LogP) is 1.91. The molecule has 0 saturated carbocycles. The van der Waals surface area contributed by atoms with Crippen molar-refractivity contribution in [2.75, 3.05) is 5.73 Å². The fraction of sp³-hybridized carbons (Fsp3) is 0.231. The molecule has 2 rings (SSSR count). The molecule has 2 aromatic rings. The van der Waals surface area contributed by atoms with E-state index >= 15 is 0 Å².